The van der Waals surface area contributed by atoms with Crippen LogP contribution in [0.15, 0.2) is 42.7 Å². The number of hydrogen-bond donors (Lipinski definition) is 1. The fraction of sp³-hybridized carbons (Fsp3) is 0.231. The van der Waals surface area contributed by atoms with Crippen LogP contribution in [0.4, 0.5) is 0 Å². The third-order valence-electron chi connectivity index (χ3n) is 2.39. The van der Waals surface area contributed by atoms with E-state index in [2.05, 4.69) is 9.97 Å². The average Bonchev–Trinajstić information content (AvgIpc) is 2.38. The third kappa shape index (κ3) is 3.26. The van der Waals surface area contributed by atoms with Gasteiger partial charge in [0, 0.05) is 18.4 Å². The largest absolute Gasteiger partial charge is 0.486 e. The first-order chi connectivity index (χ1) is 8.25. The van der Waals surface area contributed by atoms with Crippen molar-refractivity contribution in [3.8, 4) is 5.75 Å². The van der Waals surface area contributed by atoms with Crippen LogP contribution >= 0.6 is 0 Å². The van der Waals surface area contributed by atoms with Crippen LogP contribution in [0.25, 0.3) is 0 Å². The van der Waals surface area contributed by atoms with Gasteiger partial charge in [-0.05, 0) is 30.7 Å². The van der Waals surface area contributed by atoms with E-state index in [-0.39, 0.29) is 6.04 Å². The molecule has 1 aromatic carbocycles. The minimum Gasteiger partial charge on any atom is -0.486 e. The number of nitrogens with zero attached hydrogens (tertiary/aromatic N) is 2. The van der Waals surface area contributed by atoms with Crippen molar-refractivity contribution in [3.63, 3.8) is 0 Å². The Morgan fingerprint density at radius 3 is 2.41 bits per heavy atom. The molecule has 0 saturated heterocycles. The zero-order valence-electron chi connectivity index (χ0n) is 9.71. The van der Waals surface area contributed by atoms with Crippen molar-refractivity contribution in [3.05, 3.63) is 54.1 Å². The van der Waals surface area contributed by atoms with E-state index in [9.17, 15) is 0 Å². The number of nitrogens with two attached hydrogens (primary N) is 1. The van der Waals surface area contributed by atoms with Gasteiger partial charge in [-0.15, -0.1) is 0 Å². The molecular formula is C13H15N3O. The molecule has 0 saturated carbocycles. The van der Waals surface area contributed by atoms with Crippen LogP contribution in [0.2, 0.25) is 0 Å². The van der Waals surface area contributed by atoms with E-state index < -0.39 is 0 Å². The van der Waals surface area contributed by atoms with Gasteiger partial charge in [-0.3, -0.25) is 0 Å². The van der Waals surface area contributed by atoms with Gasteiger partial charge in [-0.2, -0.15) is 0 Å². The quantitative estimate of drug-likeness (QED) is 0.871. The normalized spacial score (nSPS) is 12.1. The molecule has 0 fully saturated rings. The Morgan fingerprint density at radius 2 is 1.82 bits per heavy atom. The van der Waals surface area contributed by atoms with Crippen LogP contribution < -0.4 is 10.5 Å². The van der Waals surface area contributed by atoms with E-state index >= 15 is 0 Å². The van der Waals surface area contributed by atoms with Crippen LogP contribution in [0.1, 0.15) is 24.4 Å². The number of rotatable bonds is 4. The van der Waals surface area contributed by atoms with Gasteiger partial charge in [0.05, 0.1) is 0 Å². The van der Waals surface area contributed by atoms with E-state index in [4.69, 9.17) is 10.5 Å². The summed E-state index contributed by atoms with van der Waals surface area (Å²) >= 11 is 0. The summed E-state index contributed by atoms with van der Waals surface area (Å²) in [6.07, 6.45) is 3.40. The van der Waals surface area contributed by atoms with Gasteiger partial charge in [0.2, 0.25) is 0 Å². The molecule has 0 amide bonds. The Hall–Kier alpha value is -1.94. The molecule has 0 radical (unpaired) electrons. The van der Waals surface area contributed by atoms with Crippen molar-refractivity contribution < 1.29 is 4.74 Å². The molecule has 2 N–H and O–H groups in total. The zero-order valence-corrected chi connectivity index (χ0v) is 9.71. The highest BCUT2D eigenvalue weighted by Gasteiger charge is 2.00. The molecule has 0 bridgehead atoms. The molecule has 2 rings (SSSR count). The van der Waals surface area contributed by atoms with Gasteiger partial charge in [-0.1, -0.05) is 12.1 Å². The van der Waals surface area contributed by atoms with Crippen LogP contribution in [-0.4, -0.2) is 9.97 Å². The lowest BCUT2D eigenvalue weighted by atomic mass is 10.1. The maximum atomic E-state index is 5.77. The summed E-state index contributed by atoms with van der Waals surface area (Å²) in [7, 11) is 0. The topological polar surface area (TPSA) is 61.0 Å². The smallest absolute Gasteiger partial charge is 0.166 e. The monoisotopic (exact) mass is 229 g/mol. The second-order valence-electron chi connectivity index (χ2n) is 3.81. The lowest BCUT2D eigenvalue weighted by Gasteiger charge is -2.08. The summed E-state index contributed by atoms with van der Waals surface area (Å²) in [4.78, 5) is 8.17. The Balaban J connectivity index is 1.96. The molecule has 88 valence electrons. The van der Waals surface area contributed by atoms with Crippen molar-refractivity contribution in [2.45, 2.75) is 19.6 Å². The molecule has 4 heteroatoms. The van der Waals surface area contributed by atoms with Crippen molar-refractivity contribution in [2.75, 3.05) is 0 Å². The summed E-state index contributed by atoms with van der Waals surface area (Å²) in [5.41, 5.74) is 6.86. The molecule has 0 aliphatic carbocycles. The summed E-state index contributed by atoms with van der Waals surface area (Å²) in [5, 5.41) is 0. The molecule has 0 spiro atoms. The first-order valence-corrected chi connectivity index (χ1v) is 5.50. The Labute approximate surface area is 100 Å². The summed E-state index contributed by atoms with van der Waals surface area (Å²) < 4.78 is 5.56. The average molecular weight is 229 g/mol. The van der Waals surface area contributed by atoms with Gasteiger partial charge in [0.1, 0.15) is 12.4 Å². The van der Waals surface area contributed by atoms with Gasteiger partial charge in [0.25, 0.3) is 0 Å². The van der Waals surface area contributed by atoms with E-state index in [0.29, 0.717) is 12.4 Å². The third-order valence-corrected chi connectivity index (χ3v) is 2.39. The van der Waals surface area contributed by atoms with Crippen molar-refractivity contribution in [1.29, 1.82) is 0 Å². The standard InChI is InChI=1S/C13H15N3O/c1-10(14)11-3-5-12(6-4-11)17-9-13-15-7-2-8-16-13/h2-8,10H,9,14H2,1H3/t10-/m1/s1. The molecule has 0 aliphatic rings. The molecule has 4 nitrogen and oxygen atoms in total. The summed E-state index contributed by atoms with van der Waals surface area (Å²) in [6.45, 7) is 2.33. The van der Waals surface area contributed by atoms with Gasteiger partial charge >= 0.3 is 0 Å². The first kappa shape index (κ1) is 11.5. The van der Waals surface area contributed by atoms with Gasteiger partial charge < -0.3 is 10.5 Å². The van der Waals surface area contributed by atoms with E-state index in [1.807, 2.05) is 31.2 Å². The summed E-state index contributed by atoms with van der Waals surface area (Å²) in [6, 6.07) is 9.56. The number of ether oxygens (including phenoxy) is 1. The molecular weight excluding hydrogens is 214 g/mol. The van der Waals surface area contributed by atoms with E-state index in [1.165, 1.54) is 0 Å². The maximum Gasteiger partial charge on any atom is 0.166 e. The van der Waals surface area contributed by atoms with Crippen molar-refractivity contribution >= 4 is 0 Å². The maximum absolute atomic E-state index is 5.77. The fourth-order valence-corrected chi connectivity index (χ4v) is 1.42. The van der Waals surface area contributed by atoms with E-state index in [1.54, 1.807) is 18.5 Å². The van der Waals surface area contributed by atoms with Crippen LogP contribution in [0.3, 0.4) is 0 Å². The minimum atomic E-state index is 0.0431. The fourth-order valence-electron chi connectivity index (χ4n) is 1.42. The second kappa shape index (κ2) is 5.41. The van der Waals surface area contributed by atoms with Crippen LogP contribution in [0.5, 0.6) is 5.75 Å². The number of benzene rings is 1. The number of hydrogen-bond acceptors (Lipinski definition) is 4. The predicted octanol–water partition coefficient (Wildman–Crippen LogP) is 2.08. The molecule has 17 heavy (non-hydrogen) atoms. The molecule has 0 unspecified atom stereocenters. The van der Waals surface area contributed by atoms with Crippen LogP contribution in [0, 0.1) is 0 Å². The predicted molar refractivity (Wildman–Crippen MR) is 65.4 cm³/mol. The molecule has 1 heterocycles. The molecule has 2 aromatic rings. The number of aromatic nitrogens is 2. The minimum absolute atomic E-state index is 0.0431. The molecule has 1 aromatic heterocycles. The molecule has 1 atom stereocenters. The van der Waals surface area contributed by atoms with Crippen molar-refractivity contribution in [1.82, 2.24) is 9.97 Å². The lowest BCUT2D eigenvalue weighted by Crippen LogP contribution is -2.05. The Morgan fingerprint density at radius 1 is 1.18 bits per heavy atom. The van der Waals surface area contributed by atoms with E-state index in [0.717, 1.165) is 11.3 Å². The van der Waals surface area contributed by atoms with Crippen LogP contribution in [-0.2, 0) is 6.61 Å². The van der Waals surface area contributed by atoms with Gasteiger partial charge in [0.15, 0.2) is 5.82 Å². The Bertz CT molecular complexity index is 454. The van der Waals surface area contributed by atoms with Gasteiger partial charge in [-0.25, -0.2) is 9.97 Å². The highest BCUT2D eigenvalue weighted by atomic mass is 16.5. The highest BCUT2D eigenvalue weighted by molar-refractivity contribution is 5.28. The second-order valence-corrected chi connectivity index (χ2v) is 3.81. The lowest BCUT2D eigenvalue weighted by molar-refractivity contribution is 0.295. The zero-order chi connectivity index (χ0) is 12.1. The molecule has 0 aliphatic heterocycles. The Kier molecular flexibility index (Phi) is 3.67. The summed E-state index contributed by atoms with van der Waals surface area (Å²) in [5.74, 6) is 1.46. The SMILES string of the molecule is C[C@@H](N)c1ccc(OCc2ncccn2)cc1. The first-order valence-electron chi connectivity index (χ1n) is 5.50. The highest BCUT2D eigenvalue weighted by Crippen LogP contribution is 2.16. The van der Waals surface area contributed by atoms with Crippen molar-refractivity contribution in [2.24, 2.45) is 5.73 Å².